The fourth-order valence-corrected chi connectivity index (χ4v) is 1.25. The zero-order valence-corrected chi connectivity index (χ0v) is 7.59. The van der Waals surface area contributed by atoms with Gasteiger partial charge in [0.15, 0.2) is 0 Å². The van der Waals surface area contributed by atoms with Crippen LogP contribution in [0.3, 0.4) is 0 Å². The highest BCUT2D eigenvalue weighted by Gasteiger charge is 1.98. The van der Waals surface area contributed by atoms with Crippen molar-refractivity contribution in [2.24, 2.45) is 0 Å². The zero-order valence-electron chi connectivity index (χ0n) is 7.59. The molecule has 0 N–H and O–H groups in total. The Kier molecular flexibility index (Phi) is 3.08. The van der Waals surface area contributed by atoms with Crippen LogP contribution in [0, 0.1) is 0 Å². The van der Waals surface area contributed by atoms with E-state index < -0.39 is 0 Å². The van der Waals surface area contributed by atoms with Crippen molar-refractivity contribution >= 4 is 18.2 Å². The molecule has 0 heterocycles. The molecule has 0 aromatic heterocycles. The van der Waals surface area contributed by atoms with Crippen molar-refractivity contribution in [1.29, 1.82) is 0 Å². The third-order valence-corrected chi connectivity index (χ3v) is 1.86. The summed E-state index contributed by atoms with van der Waals surface area (Å²) in [6.45, 7) is 11.1. The Labute approximate surface area is 79.2 Å². The lowest BCUT2D eigenvalue weighted by Crippen LogP contribution is -1.84. The summed E-state index contributed by atoms with van der Waals surface area (Å²) < 4.78 is 0. The summed E-state index contributed by atoms with van der Waals surface area (Å²) in [7, 11) is 0. The summed E-state index contributed by atoms with van der Waals surface area (Å²) in [4.78, 5) is 0. The second-order valence-electron chi connectivity index (χ2n) is 2.61. The molecule has 0 aliphatic rings. The van der Waals surface area contributed by atoms with E-state index in [1.54, 1.807) is 0 Å². The zero-order chi connectivity index (χ0) is 9.68. The van der Waals surface area contributed by atoms with Crippen LogP contribution in [-0.4, -0.2) is 0 Å². The van der Waals surface area contributed by atoms with Gasteiger partial charge in [0, 0.05) is 0 Å². The molecule has 0 saturated heterocycles. The third kappa shape index (κ3) is 1.87. The van der Waals surface area contributed by atoms with Gasteiger partial charge in [0.05, 0.1) is 0 Å². The van der Waals surface area contributed by atoms with Gasteiger partial charge in [-0.05, 0) is 22.8 Å². The van der Waals surface area contributed by atoms with E-state index in [1.165, 1.54) is 0 Å². The first-order chi connectivity index (χ1) is 6.33. The summed E-state index contributed by atoms with van der Waals surface area (Å²) in [5.41, 5.74) is 5.98. The van der Waals surface area contributed by atoms with E-state index in [4.69, 9.17) is 0 Å². The average molecular weight is 168 g/mol. The van der Waals surface area contributed by atoms with Crippen LogP contribution in [-0.2, 0) is 0 Å². The quantitative estimate of drug-likeness (QED) is 0.603. The van der Waals surface area contributed by atoms with Gasteiger partial charge in [-0.3, -0.25) is 0 Å². The molecule has 0 spiro atoms. The van der Waals surface area contributed by atoms with E-state index in [0.29, 0.717) is 0 Å². The topological polar surface area (TPSA) is 0 Å². The Bertz CT molecular complexity index is 377. The van der Waals surface area contributed by atoms with Crippen LogP contribution < -0.4 is 0 Å². The monoisotopic (exact) mass is 168 g/mol. The van der Waals surface area contributed by atoms with Crippen LogP contribution in [0.15, 0.2) is 43.7 Å². The highest BCUT2D eigenvalue weighted by Crippen LogP contribution is 2.18. The largest absolute Gasteiger partial charge is 0.128 e. The van der Waals surface area contributed by atoms with Gasteiger partial charge < -0.3 is 0 Å². The van der Waals surface area contributed by atoms with Crippen LogP contribution in [0.2, 0.25) is 0 Å². The SMILES string of the molecule is C=C=Cc1cccc(C=C)c1C=C. The Balaban J connectivity index is 3.42. The lowest BCUT2D eigenvalue weighted by molar-refractivity contribution is 1.58. The van der Waals surface area contributed by atoms with Crippen molar-refractivity contribution in [3.63, 3.8) is 0 Å². The predicted molar refractivity (Wildman–Crippen MR) is 60.2 cm³/mol. The van der Waals surface area contributed by atoms with Gasteiger partial charge in [-0.15, -0.1) is 5.73 Å². The number of rotatable bonds is 3. The predicted octanol–water partition coefficient (Wildman–Crippen LogP) is 3.77. The lowest BCUT2D eigenvalue weighted by atomic mass is 10.0. The molecule has 0 nitrogen and oxygen atoms in total. The molecule has 0 radical (unpaired) electrons. The van der Waals surface area contributed by atoms with Gasteiger partial charge in [0.1, 0.15) is 0 Å². The summed E-state index contributed by atoms with van der Waals surface area (Å²) in [5.74, 6) is 0. The maximum absolute atomic E-state index is 3.77. The minimum atomic E-state index is 1.07. The molecule has 0 atom stereocenters. The van der Waals surface area contributed by atoms with Crippen molar-refractivity contribution in [3.8, 4) is 0 Å². The van der Waals surface area contributed by atoms with E-state index in [2.05, 4.69) is 25.5 Å². The molecule has 0 unspecified atom stereocenters. The lowest BCUT2D eigenvalue weighted by Gasteiger charge is -2.03. The highest BCUT2D eigenvalue weighted by molar-refractivity contribution is 5.72. The van der Waals surface area contributed by atoms with Crippen molar-refractivity contribution in [2.45, 2.75) is 0 Å². The Hall–Kier alpha value is -1.78. The molecule has 64 valence electrons. The van der Waals surface area contributed by atoms with Crippen LogP contribution in [0.5, 0.6) is 0 Å². The number of benzene rings is 1. The van der Waals surface area contributed by atoms with E-state index in [1.807, 2.05) is 36.4 Å². The molecular formula is C13H12. The Morgan fingerprint density at radius 3 is 2.31 bits per heavy atom. The van der Waals surface area contributed by atoms with E-state index in [0.717, 1.165) is 16.7 Å². The third-order valence-electron chi connectivity index (χ3n) is 1.86. The average Bonchev–Trinajstić information content (AvgIpc) is 2.18. The minimum absolute atomic E-state index is 1.07. The molecule has 1 aromatic carbocycles. The van der Waals surface area contributed by atoms with Crippen LogP contribution >= 0.6 is 0 Å². The molecule has 0 fully saturated rings. The molecular weight excluding hydrogens is 156 g/mol. The van der Waals surface area contributed by atoms with Crippen LogP contribution in [0.4, 0.5) is 0 Å². The molecule has 0 heteroatoms. The van der Waals surface area contributed by atoms with Gasteiger partial charge >= 0.3 is 0 Å². The standard InChI is InChI=1S/C13H12/c1-4-8-12-10-7-9-11(5-2)13(12)6-3/h5-10H,1-3H2. The van der Waals surface area contributed by atoms with E-state index >= 15 is 0 Å². The molecule has 1 rings (SSSR count). The van der Waals surface area contributed by atoms with Crippen molar-refractivity contribution in [2.75, 3.05) is 0 Å². The first-order valence-electron chi connectivity index (χ1n) is 4.07. The highest BCUT2D eigenvalue weighted by atomic mass is 14.0. The van der Waals surface area contributed by atoms with Crippen molar-refractivity contribution in [1.82, 2.24) is 0 Å². The maximum atomic E-state index is 3.77. The van der Waals surface area contributed by atoms with E-state index in [9.17, 15) is 0 Å². The molecule has 0 aliphatic carbocycles. The van der Waals surface area contributed by atoms with Crippen molar-refractivity contribution in [3.05, 3.63) is 60.4 Å². The van der Waals surface area contributed by atoms with Crippen LogP contribution in [0.1, 0.15) is 16.7 Å². The van der Waals surface area contributed by atoms with Crippen LogP contribution in [0.25, 0.3) is 18.2 Å². The fraction of sp³-hybridized carbons (Fsp3) is 0. The second-order valence-corrected chi connectivity index (χ2v) is 2.61. The first-order valence-corrected chi connectivity index (χ1v) is 4.07. The number of hydrogen-bond donors (Lipinski definition) is 0. The van der Waals surface area contributed by atoms with Gasteiger partial charge in [-0.25, -0.2) is 0 Å². The summed E-state index contributed by atoms with van der Waals surface area (Å²) in [6, 6.07) is 5.99. The fourth-order valence-electron chi connectivity index (χ4n) is 1.25. The molecule has 1 aromatic rings. The van der Waals surface area contributed by atoms with Gasteiger partial charge in [-0.1, -0.05) is 50.1 Å². The van der Waals surface area contributed by atoms with E-state index in [-0.39, 0.29) is 0 Å². The molecule has 13 heavy (non-hydrogen) atoms. The minimum Gasteiger partial charge on any atom is -0.128 e. The first kappa shape index (κ1) is 9.31. The summed E-state index contributed by atoms with van der Waals surface area (Å²) >= 11 is 0. The van der Waals surface area contributed by atoms with Gasteiger partial charge in [0.25, 0.3) is 0 Å². The Morgan fingerprint density at radius 2 is 1.77 bits per heavy atom. The molecule has 0 saturated carbocycles. The summed E-state index contributed by atoms with van der Waals surface area (Å²) in [5, 5.41) is 0. The molecule has 0 aliphatic heterocycles. The Morgan fingerprint density at radius 1 is 1.08 bits per heavy atom. The molecule has 0 bridgehead atoms. The molecule has 0 amide bonds. The maximum Gasteiger partial charge on any atom is -0.0101 e. The van der Waals surface area contributed by atoms with Gasteiger partial charge in [-0.2, -0.15) is 0 Å². The number of hydrogen-bond acceptors (Lipinski definition) is 0. The van der Waals surface area contributed by atoms with Gasteiger partial charge in [0.2, 0.25) is 0 Å². The normalized spacial score (nSPS) is 8.62. The van der Waals surface area contributed by atoms with Crippen molar-refractivity contribution < 1.29 is 0 Å². The second kappa shape index (κ2) is 4.30. The smallest absolute Gasteiger partial charge is 0.0101 e. The summed E-state index contributed by atoms with van der Waals surface area (Å²) in [6.07, 6.45) is 5.47.